The first kappa shape index (κ1) is 13.0. The molecule has 2 rings (SSSR count). The molecule has 1 aromatic rings. The van der Waals surface area contributed by atoms with E-state index in [2.05, 4.69) is 10.0 Å². The number of benzene rings is 1. The van der Waals surface area contributed by atoms with Gasteiger partial charge in [-0.3, -0.25) is 4.79 Å². The van der Waals surface area contributed by atoms with Crippen LogP contribution in [0.5, 0.6) is 0 Å². The summed E-state index contributed by atoms with van der Waals surface area (Å²) in [5.41, 5.74) is 1.60. The van der Waals surface area contributed by atoms with Gasteiger partial charge in [0.2, 0.25) is 15.9 Å². The summed E-state index contributed by atoms with van der Waals surface area (Å²) >= 11 is 0. The average molecular weight is 268 g/mol. The maximum Gasteiger partial charge on any atom is 0.227 e. The Morgan fingerprint density at radius 3 is 2.39 bits per heavy atom. The van der Waals surface area contributed by atoms with Crippen LogP contribution in [0, 0.1) is 5.92 Å². The predicted molar refractivity (Wildman–Crippen MR) is 69.5 cm³/mol. The minimum Gasteiger partial charge on any atom is -0.326 e. The normalized spacial score (nSPS) is 15.4. The van der Waals surface area contributed by atoms with Crippen molar-refractivity contribution in [3.63, 3.8) is 0 Å². The number of anilines is 1. The van der Waals surface area contributed by atoms with E-state index in [0.717, 1.165) is 30.3 Å². The second-order valence-electron chi connectivity index (χ2n) is 4.55. The molecule has 0 aliphatic heterocycles. The van der Waals surface area contributed by atoms with Crippen LogP contribution in [0.15, 0.2) is 24.3 Å². The van der Waals surface area contributed by atoms with E-state index < -0.39 is 10.0 Å². The molecule has 6 heteroatoms. The quantitative estimate of drug-likeness (QED) is 0.839. The minimum absolute atomic E-state index is 0.0667. The maximum absolute atomic E-state index is 11.5. The van der Waals surface area contributed by atoms with E-state index in [-0.39, 0.29) is 18.4 Å². The van der Waals surface area contributed by atoms with Gasteiger partial charge in [-0.15, -0.1) is 0 Å². The van der Waals surface area contributed by atoms with Crippen LogP contribution in [-0.4, -0.2) is 20.6 Å². The standard InChI is InChI=1S/C12H16N2O3S/c1-18(16,17)13-8-9-2-6-11(7-3-9)14-12(15)10-4-5-10/h2-3,6-7,10,13H,4-5,8H2,1H3,(H,14,15). The van der Waals surface area contributed by atoms with Crippen LogP contribution in [0.25, 0.3) is 0 Å². The lowest BCUT2D eigenvalue weighted by molar-refractivity contribution is -0.117. The SMILES string of the molecule is CS(=O)(=O)NCc1ccc(NC(=O)C2CC2)cc1. The van der Waals surface area contributed by atoms with Crippen LogP contribution in [0.1, 0.15) is 18.4 Å². The molecule has 0 spiro atoms. The third-order valence-electron chi connectivity index (χ3n) is 2.71. The van der Waals surface area contributed by atoms with Gasteiger partial charge in [0.15, 0.2) is 0 Å². The van der Waals surface area contributed by atoms with Gasteiger partial charge in [-0.2, -0.15) is 0 Å². The van der Waals surface area contributed by atoms with Gasteiger partial charge in [-0.1, -0.05) is 12.1 Å². The molecule has 2 N–H and O–H groups in total. The number of carbonyl (C=O) groups excluding carboxylic acids is 1. The average Bonchev–Trinajstić information content (AvgIpc) is 3.11. The molecule has 0 saturated heterocycles. The highest BCUT2D eigenvalue weighted by molar-refractivity contribution is 7.88. The molecular formula is C12H16N2O3S. The number of sulfonamides is 1. The van der Waals surface area contributed by atoms with Crippen LogP contribution < -0.4 is 10.0 Å². The summed E-state index contributed by atoms with van der Waals surface area (Å²) in [5, 5.41) is 2.83. The Morgan fingerprint density at radius 2 is 1.89 bits per heavy atom. The van der Waals surface area contributed by atoms with Crippen molar-refractivity contribution < 1.29 is 13.2 Å². The fraction of sp³-hybridized carbons (Fsp3) is 0.417. The van der Waals surface area contributed by atoms with Gasteiger partial charge in [0, 0.05) is 18.2 Å². The molecule has 0 atom stereocenters. The van der Waals surface area contributed by atoms with Crippen molar-refractivity contribution in [2.75, 3.05) is 11.6 Å². The highest BCUT2D eigenvalue weighted by Crippen LogP contribution is 2.30. The second-order valence-corrected chi connectivity index (χ2v) is 6.39. The van der Waals surface area contributed by atoms with E-state index in [1.54, 1.807) is 24.3 Å². The Bertz CT molecular complexity index is 533. The van der Waals surface area contributed by atoms with Crippen LogP contribution >= 0.6 is 0 Å². The predicted octanol–water partition coefficient (Wildman–Crippen LogP) is 1.08. The van der Waals surface area contributed by atoms with Crippen LogP contribution in [0.4, 0.5) is 5.69 Å². The van der Waals surface area contributed by atoms with Crippen molar-refractivity contribution >= 4 is 21.6 Å². The molecule has 0 aromatic heterocycles. The third kappa shape index (κ3) is 4.12. The van der Waals surface area contributed by atoms with Crippen molar-refractivity contribution in [2.24, 2.45) is 5.92 Å². The van der Waals surface area contributed by atoms with Gasteiger partial charge in [0.05, 0.1) is 6.26 Å². The fourth-order valence-corrected chi connectivity index (χ4v) is 1.94. The summed E-state index contributed by atoms with van der Waals surface area (Å²) in [6.45, 7) is 0.260. The number of rotatable bonds is 5. The first-order valence-corrected chi connectivity index (χ1v) is 7.67. The molecule has 0 unspecified atom stereocenters. The van der Waals surface area contributed by atoms with Gasteiger partial charge < -0.3 is 5.32 Å². The molecule has 0 heterocycles. The monoisotopic (exact) mass is 268 g/mol. The largest absolute Gasteiger partial charge is 0.326 e. The molecule has 1 aliphatic rings. The summed E-state index contributed by atoms with van der Waals surface area (Å²) in [7, 11) is -3.17. The molecule has 1 aliphatic carbocycles. The Morgan fingerprint density at radius 1 is 1.28 bits per heavy atom. The van der Waals surface area contributed by atoms with Crippen molar-refractivity contribution in [3.8, 4) is 0 Å². The first-order chi connectivity index (χ1) is 8.44. The van der Waals surface area contributed by atoms with E-state index in [1.165, 1.54) is 0 Å². The summed E-state index contributed by atoms with van der Waals surface area (Å²) in [6.07, 6.45) is 3.07. The van der Waals surface area contributed by atoms with Gasteiger partial charge in [0.25, 0.3) is 0 Å². The lowest BCUT2D eigenvalue weighted by atomic mass is 10.2. The zero-order valence-corrected chi connectivity index (χ0v) is 11.0. The molecule has 98 valence electrons. The van der Waals surface area contributed by atoms with Crippen LogP contribution in [0.2, 0.25) is 0 Å². The molecule has 5 nitrogen and oxygen atoms in total. The molecule has 0 bridgehead atoms. The highest BCUT2D eigenvalue weighted by Gasteiger charge is 2.29. The van der Waals surface area contributed by atoms with E-state index in [9.17, 15) is 13.2 Å². The molecular weight excluding hydrogens is 252 g/mol. The number of nitrogens with one attached hydrogen (secondary N) is 2. The topological polar surface area (TPSA) is 75.3 Å². The Kier molecular flexibility index (Phi) is 3.68. The molecule has 1 saturated carbocycles. The summed E-state index contributed by atoms with van der Waals surface area (Å²) < 4.78 is 24.3. The summed E-state index contributed by atoms with van der Waals surface area (Å²) in [5.74, 6) is 0.244. The number of hydrogen-bond donors (Lipinski definition) is 2. The molecule has 1 aromatic carbocycles. The minimum atomic E-state index is -3.17. The summed E-state index contributed by atoms with van der Waals surface area (Å²) in [6, 6.07) is 7.14. The fourth-order valence-electron chi connectivity index (χ4n) is 1.51. The van der Waals surface area contributed by atoms with Gasteiger partial charge in [-0.25, -0.2) is 13.1 Å². The lowest BCUT2D eigenvalue weighted by Crippen LogP contribution is -2.21. The van der Waals surface area contributed by atoms with Crippen molar-refractivity contribution in [3.05, 3.63) is 29.8 Å². The van der Waals surface area contributed by atoms with Gasteiger partial charge in [-0.05, 0) is 30.5 Å². The van der Waals surface area contributed by atoms with E-state index in [1.807, 2.05) is 0 Å². The van der Waals surface area contributed by atoms with Crippen molar-refractivity contribution in [2.45, 2.75) is 19.4 Å². The molecule has 0 radical (unpaired) electrons. The third-order valence-corrected chi connectivity index (χ3v) is 3.38. The number of hydrogen-bond acceptors (Lipinski definition) is 3. The van der Waals surface area contributed by atoms with E-state index >= 15 is 0 Å². The number of amides is 1. The number of carbonyl (C=O) groups is 1. The summed E-state index contributed by atoms with van der Waals surface area (Å²) in [4.78, 5) is 11.5. The van der Waals surface area contributed by atoms with Gasteiger partial charge in [0.1, 0.15) is 0 Å². The zero-order chi connectivity index (χ0) is 13.2. The second kappa shape index (κ2) is 5.07. The lowest BCUT2D eigenvalue weighted by Gasteiger charge is -2.06. The van der Waals surface area contributed by atoms with E-state index in [4.69, 9.17) is 0 Å². The van der Waals surface area contributed by atoms with Gasteiger partial charge >= 0.3 is 0 Å². The zero-order valence-electron chi connectivity index (χ0n) is 10.1. The molecule has 1 amide bonds. The van der Waals surface area contributed by atoms with Crippen molar-refractivity contribution in [1.29, 1.82) is 0 Å². The smallest absolute Gasteiger partial charge is 0.227 e. The highest BCUT2D eigenvalue weighted by atomic mass is 32.2. The Labute approximate surface area is 107 Å². The molecule has 18 heavy (non-hydrogen) atoms. The van der Waals surface area contributed by atoms with Crippen LogP contribution in [0.3, 0.4) is 0 Å². The van der Waals surface area contributed by atoms with Crippen LogP contribution in [-0.2, 0) is 21.4 Å². The Hall–Kier alpha value is -1.40. The first-order valence-electron chi connectivity index (χ1n) is 5.78. The van der Waals surface area contributed by atoms with E-state index in [0.29, 0.717) is 0 Å². The Balaban J connectivity index is 1.90. The maximum atomic E-state index is 11.5. The van der Waals surface area contributed by atoms with Crippen molar-refractivity contribution in [1.82, 2.24) is 4.72 Å². The molecule has 1 fully saturated rings.